The third-order valence-electron chi connectivity index (χ3n) is 2.63. The minimum absolute atomic E-state index is 0.380. The SMILES string of the molecule is CC(C)NCc1cncc(-n2cc(C(N)=O)cn2)c1. The Balaban J connectivity index is 2.19. The number of nitrogens with one attached hydrogen (secondary N) is 1. The van der Waals surface area contributed by atoms with Crippen LogP contribution in [0.3, 0.4) is 0 Å². The van der Waals surface area contributed by atoms with E-state index in [9.17, 15) is 4.79 Å². The molecule has 0 aliphatic rings. The van der Waals surface area contributed by atoms with Crippen molar-refractivity contribution in [2.45, 2.75) is 26.4 Å². The van der Waals surface area contributed by atoms with Gasteiger partial charge in [0.05, 0.1) is 23.6 Å². The molecule has 0 bridgehead atoms. The number of rotatable bonds is 5. The van der Waals surface area contributed by atoms with Crippen LogP contribution in [0, 0.1) is 0 Å². The summed E-state index contributed by atoms with van der Waals surface area (Å²) in [6, 6.07) is 2.38. The molecule has 0 unspecified atom stereocenters. The van der Waals surface area contributed by atoms with Gasteiger partial charge in [0.15, 0.2) is 0 Å². The third kappa shape index (κ3) is 3.38. The van der Waals surface area contributed by atoms with Crippen LogP contribution in [0.15, 0.2) is 30.9 Å². The fraction of sp³-hybridized carbons (Fsp3) is 0.308. The van der Waals surface area contributed by atoms with E-state index in [4.69, 9.17) is 5.73 Å². The summed E-state index contributed by atoms with van der Waals surface area (Å²) in [5.74, 6) is -0.489. The van der Waals surface area contributed by atoms with E-state index < -0.39 is 5.91 Å². The second-order valence-electron chi connectivity index (χ2n) is 4.62. The molecule has 2 heterocycles. The fourth-order valence-electron chi connectivity index (χ4n) is 1.61. The van der Waals surface area contributed by atoms with Crippen molar-refractivity contribution < 1.29 is 4.79 Å². The van der Waals surface area contributed by atoms with E-state index in [0.717, 1.165) is 17.8 Å². The second-order valence-corrected chi connectivity index (χ2v) is 4.62. The van der Waals surface area contributed by atoms with Gasteiger partial charge in [-0.25, -0.2) is 4.68 Å². The van der Waals surface area contributed by atoms with Gasteiger partial charge >= 0.3 is 0 Å². The van der Waals surface area contributed by atoms with Crippen LogP contribution < -0.4 is 11.1 Å². The van der Waals surface area contributed by atoms with E-state index in [-0.39, 0.29) is 0 Å². The molecule has 0 aliphatic carbocycles. The molecular weight excluding hydrogens is 242 g/mol. The highest BCUT2D eigenvalue weighted by Crippen LogP contribution is 2.09. The number of aromatic nitrogens is 3. The lowest BCUT2D eigenvalue weighted by molar-refractivity contribution is 0.100. The number of amides is 1. The smallest absolute Gasteiger partial charge is 0.251 e. The zero-order valence-electron chi connectivity index (χ0n) is 11.0. The molecule has 6 nitrogen and oxygen atoms in total. The van der Waals surface area contributed by atoms with Gasteiger partial charge in [-0.3, -0.25) is 9.78 Å². The van der Waals surface area contributed by atoms with Crippen molar-refractivity contribution in [3.05, 3.63) is 42.0 Å². The van der Waals surface area contributed by atoms with Gasteiger partial charge in [0.2, 0.25) is 0 Å². The van der Waals surface area contributed by atoms with Crippen LogP contribution in [0.2, 0.25) is 0 Å². The van der Waals surface area contributed by atoms with Gasteiger partial charge in [0.1, 0.15) is 0 Å². The summed E-state index contributed by atoms with van der Waals surface area (Å²) in [6.07, 6.45) is 6.54. The molecule has 3 N–H and O–H groups in total. The summed E-state index contributed by atoms with van der Waals surface area (Å²) in [7, 11) is 0. The van der Waals surface area contributed by atoms with Crippen molar-refractivity contribution in [1.29, 1.82) is 0 Å². The minimum atomic E-state index is -0.489. The molecule has 100 valence electrons. The summed E-state index contributed by atoms with van der Waals surface area (Å²) in [5.41, 5.74) is 7.44. The number of nitrogens with zero attached hydrogens (tertiary/aromatic N) is 3. The fourth-order valence-corrected chi connectivity index (χ4v) is 1.61. The maximum atomic E-state index is 11.0. The van der Waals surface area contributed by atoms with Crippen molar-refractivity contribution >= 4 is 5.91 Å². The molecule has 0 aromatic carbocycles. The molecule has 0 aliphatic heterocycles. The molecule has 1 amide bonds. The molecular formula is C13H17N5O. The van der Waals surface area contributed by atoms with Gasteiger partial charge in [0, 0.05) is 25.0 Å². The molecule has 2 rings (SSSR count). The van der Waals surface area contributed by atoms with Crippen molar-refractivity contribution in [2.75, 3.05) is 0 Å². The second kappa shape index (κ2) is 5.62. The summed E-state index contributed by atoms with van der Waals surface area (Å²) < 4.78 is 1.59. The van der Waals surface area contributed by atoms with E-state index in [1.165, 1.54) is 6.20 Å². The number of hydrogen-bond acceptors (Lipinski definition) is 4. The third-order valence-corrected chi connectivity index (χ3v) is 2.63. The predicted molar refractivity (Wildman–Crippen MR) is 71.9 cm³/mol. The molecule has 19 heavy (non-hydrogen) atoms. The Labute approximate surface area is 111 Å². The first kappa shape index (κ1) is 13.2. The van der Waals surface area contributed by atoms with E-state index in [2.05, 4.69) is 29.2 Å². The number of pyridine rings is 1. The molecule has 0 saturated heterocycles. The van der Waals surface area contributed by atoms with Crippen LogP contribution >= 0.6 is 0 Å². The first-order valence-electron chi connectivity index (χ1n) is 6.08. The van der Waals surface area contributed by atoms with Crippen LogP contribution in [0.4, 0.5) is 0 Å². The average molecular weight is 259 g/mol. The first-order valence-corrected chi connectivity index (χ1v) is 6.08. The summed E-state index contributed by atoms with van der Waals surface area (Å²) >= 11 is 0. The number of carbonyl (C=O) groups is 1. The lowest BCUT2D eigenvalue weighted by Crippen LogP contribution is -2.22. The van der Waals surface area contributed by atoms with Crippen LogP contribution in [-0.2, 0) is 6.54 Å². The summed E-state index contributed by atoms with van der Waals surface area (Å²) in [6.45, 7) is 4.91. The highest BCUT2D eigenvalue weighted by molar-refractivity contribution is 5.92. The molecule has 0 spiro atoms. The molecule has 0 fully saturated rings. The van der Waals surface area contributed by atoms with E-state index in [1.54, 1.807) is 23.3 Å². The lowest BCUT2D eigenvalue weighted by atomic mass is 10.2. The van der Waals surface area contributed by atoms with Crippen LogP contribution in [0.25, 0.3) is 5.69 Å². The van der Waals surface area contributed by atoms with Gasteiger partial charge in [-0.05, 0) is 11.6 Å². The molecule has 6 heteroatoms. The standard InChI is InChI=1S/C13H17N5O/c1-9(2)16-5-10-3-12(7-15-4-10)18-8-11(6-17-18)13(14)19/h3-4,6-9,16H,5H2,1-2H3,(H2,14,19). The van der Waals surface area contributed by atoms with Gasteiger partial charge in [-0.1, -0.05) is 13.8 Å². The Kier molecular flexibility index (Phi) is 3.91. The monoisotopic (exact) mass is 259 g/mol. The van der Waals surface area contributed by atoms with Crippen LogP contribution in [-0.4, -0.2) is 26.7 Å². The average Bonchev–Trinajstić information content (AvgIpc) is 2.86. The number of nitrogens with two attached hydrogens (primary N) is 1. The van der Waals surface area contributed by atoms with Gasteiger partial charge in [-0.2, -0.15) is 5.10 Å². The van der Waals surface area contributed by atoms with Gasteiger partial charge in [0.25, 0.3) is 5.91 Å². The zero-order valence-corrected chi connectivity index (χ0v) is 11.0. The van der Waals surface area contributed by atoms with Gasteiger partial charge in [-0.15, -0.1) is 0 Å². The van der Waals surface area contributed by atoms with Crippen molar-refractivity contribution in [3.63, 3.8) is 0 Å². The Morgan fingerprint density at radius 3 is 2.84 bits per heavy atom. The molecule has 0 saturated carbocycles. The predicted octanol–water partition coefficient (Wildman–Crippen LogP) is 0.864. The maximum absolute atomic E-state index is 11.0. The molecule has 0 radical (unpaired) electrons. The Morgan fingerprint density at radius 2 is 2.21 bits per heavy atom. The zero-order chi connectivity index (χ0) is 13.8. The van der Waals surface area contributed by atoms with E-state index >= 15 is 0 Å². The summed E-state index contributed by atoms with van der Waals surface area (Å²) in [4.78, 5) is 15.2. The van der Waals surface area contributed by atoms with E-state index in [0.29, 0.717) is 11.6 Å². The Morgan fingerprint density at radius 1 is 1.42 bits per heavy atom. The molecule has 2 aromatic rings. The molecule has 0 atom stereocenters. The Hall–Kier alpha value is -2.21. The van der Waals surface area contributed by atoms with E-state index in [1.807, 2.05) is 6.07 Å². The summed E-state index contributed by atoms with van der Waals surface area (Å²) in [5, 5.41) is 7.42. The lowest BCUT2D eigenvalue weighted by Gasteiger charge is -2.08. The van der Waals surface area contributed by atoms with Crippen LogP contribution in [0.1, 0.15) is 29.8 Å². The highest BCUT2D eigenvalue weighted by Gasteiger charge is 2.06. The van der Waals surface area contributed by atoms with Crippen molar-refractivity contribution in [3.8, 4) is 5.69 Å². The maximum Gasteiger partial charge on any atom is 0.251 e. The van der Waals surface area contributed by atoms with Crippen molar-refractivity contribution in [2.24, 2.45) is 5.73 Å². The number of carbonyl (C=O) groups excluding carboxylic acids is 1. The minimum Gasteiger partial charge on any atom is -0.366 e. The van der Waals surface area contributed by atoms with Gasteiger partial charge < -0.3 is 11.1 Å². The first-order chi connectivity index (χ1) is 9.06. The normalized spacial score (nSPS) is 10.9. The quantitative estimate of drug-likeness (QED) is 0.834. The number of primary amides is 1. The van der Waals surface area contributed by atoms with Crippen molar-refractivity contribution in [1.82, 2.24) is 20.1 Å². The van der Waals surface area contributed by atoms with Crippen LogP contribution in [0.5, 0.6) is 0 Å². The largest absolute Gasteiger partial charge is 0.366 e. The topological polar surface area (TPSA) is 85.8 Å². The molecule has 2 aromatic heterocycles. The number of hydrogen-bond donors (Lipinski definition) is 2. The highest BCUT2D eigenvalue weighted by atomic mass is 16.1. The Bertz CT molecular complexity index is 576.